The molecule has 0 bridgehead atoms. The zero-order valence-electron chi connectivity index (χ0n) is 9.51. The highest BCUT2D eigenvalue weighted by Crippen LogP contribution is 2.10. The lowest BCUT2D eigenvalue weighted by atomic mass is 10.1. The molecule has 0 aliphatic rings. The van der Waals surface area contributed by atoms with Crippen molar-refractivity contribution >= 4 is 0 Å². The maximum Gasteiger partial charge on any atom is 0.157 e. The smallest absolute Gasteiger partial charge is 0.157 e. The van der Waals surface area contributed by atoms with E-state index in [9.17, 15) is 0 Å². The molecule has 0 atom stereocenters. The second-order valence-corrected chi connectivity index (χ2v) is 3.80. The first kappa shape index (κ1) is 12.9. The first-order chi connectivity index (χ1) is 6.20. The fourth-order valence-corrected chi connectivity index (χ4v) is 1.07. The van der Waals surface area contributed by atoms with E-state index in [1.807, 2.05) is 0 Å². The van der Waals surface area contributed by atoms with E-state index in [-0.39, 0.29) is 6.29 Å². The highest BCUT2D eigenvalue weighted by atomic mass is 16.7. The molecule has 0 radical (unpaired) electrons. The van der Waals surface area contributed by atoms with Crippen molar-refractivity contribution in [2.24, 2.45) is 5.92 Å². The molecular weight excluding hydrogens is 164 g/mol. The molecule has 0 N–H and O–H groups in total. The van der Waals surface area contributed by atoms with Crippen molar-refractivity contribution in [2.45, 2.75) is 53.2 Å². The summed E-state index contributed by atoms with van der Waals surface area (Å²) >= 11 is 0. The fraction of sp³-hybridized carbons (Fsp3) is 1.00. The fourth-order valence-electron chi connectivity index (χ4n) is 1.07. The van der Waals surface area contributed by atoms with E-state index in [0.29, 0.717) is 5.92 Å². The molecule has 0 rings (SSSR count). The van der Waals surface area contributed by atoms with Gasteiger partial charge >= 0.3 is 0 Å². The average molecular weight is 188 g/mol. The Morgan fingerprint density at radius 2 is 1.38 bits per heavy atom. The third kappa shape index (κ3) is 8.26. The van der Waals surface area contributed by atoms with Gasteiger partial charge in [-0.25, -0.2) is 0 Å². The molecule has 0 aromatic rings. The van der Waals surface area contributed by atoms with Crippen LogP contribution in [0.25, 0.3) is 0 Å². The first-order valence-corrected chi connectivity index (χ1v) is 5.43. The van der Waals surface area contributed by atoms with Gasteiger partial charge < -0.3 is 9.47 Å². The Kier molecular flexibility index (Phi) is 8.46. The normalized spacial score (nSPS) is 11.5. The van der Waals surface area contributed by atoms with Gasteiger partial charge in [0.05, 0.1) is 0 Å². The Morgan fingerprint density at radius 3 is 1.69 bits per heavy atom. The molecule has 0 amide bonds. The molecule has 2 nitrogen and oxygen atoms in total. The van der Waals surface area contributed by atoms with Crippen LogP contribution in [-0.2, 0) is 9.47 Å². The Labute approximate surface area is 82.6 Å². The predicted octanol–water partition coefficient (Wildman–Crippen LogP) is 3.21. The van der Waals surface area contributed by atoms with E-state index >= 15 is 0 Å². The van der Waals surface area contributed by atoms with Gasteiger partial charge in [0, 0.05) is 19.6 Å². The van der Waals surface area contributed by atoms with Crippen LogP contribution in [0.3, 0.4) is 0 Å². The van der Waals surface area contributed by atoms with E-state index in [1.165, 1.54) is 0 Å². The lowest BCUT2D eigenvalue weighted by Crippen LogP contribution is -2.20. The second-order valence-electron chi connectivity index (χ2n) is 3.80. The molecule has 0 saturated carbocycles. The summed E-state index contributed by atoms with van der Waals surface area (Å²) in [7, 11) is 0. The van der Waals surface area contributed by atoms with Crippen LogP contribution in [0.5, 0.6) is 0 Å². The van der Waals surface area contributed by atoms with Crippen LogP contribution in [-0.4, -0.2) is 19.5 Å². The van der Waals surface area contributed by atoms with Gasteiger partial charge in [-0.2, -0.15) is 0 Å². The molecule has 80 valence electrons. The van der Waals surface area contributed by atoms with Crippen molar-refractivity contribution < 1.29 is 9.47 Å². The van der Waals surface area contributed by atoms with E-state index in [2.05, 4.69) is 27.7 Å². The highest BCUT2D eigenvalue weighted by molar-refractivity contribution is 4.50. The van der Waals surface area contributed by atoms with Crippen molar-refractivity contribution in [3.63, 3.8) is 0 Å². The minimum Gasteiger partial charge on any atom is -0.353 e. The Hall–Kier alpha value is -0.0800. The summed E-state index contributed by atoms with van der Waals surface area (Å²) in [6, 6.07) is 0. The molecule has 0 heterocycles. The minimum absolute atomic E-state index is 0.0138. The van der Waals surface area contributed by atoms with E-state index in [4.69, 9.17) is 9.47 Å². The van der Waals surface area contributed by atoms with Gasteiger partial charge in [-0.15, -0.1) is 0 Å². The molecular formula is C11H24O2. The average Bonchev–Trinajstić information content (AvgIpc) is 2.09. The maximum absolute atomic E-state index is 5.58. The summed E-state index contributed by atoms with van der Waals surface area (Å²) in [5.41, 5.74) is 0. The summed E-state index contributed by atoms with van der Waals surface area (Å²) in [5.74, 6) is 0.638. The minimum atomic E-state index is 0.0138. The maximum atomic E-state index is 5.58. The van der Waals surface area contributed by atoms with Crippen LogP contribution in [0, 0.1) is 5.92 Å². The van der Waals surface area contributed by atoms with Gasteiger partial charge in [0.1, 0.15) is 0 Å². The highest BCUT2D eigenvalue weighted by Gasteiger charge is 2.10. The largest absolute Gasteiger partial charge is 0.353 e. The first-order valence-electron chi connectivity index (χ1n) is 5.43. The van der Waals surface area contributed by atoms with Crippen LogP contribution in [0.1, 0.15) is 47.0 Å². The van der Waals surface area contributed by atoms with E-state index in [0.717, 1.165) is 32.5 Å². The lowest BCUT2D eigenvalue weighted by Gasteiger charge is -2.19. The lowest BCUT2D eigenvalue weighted by molar-refractivity contribution is -0.150. The molecule has 0 saturated heterocycles. The third-order valence-corrected chi connectivity index (χ3v) is 1.68. The summed E-state index contributed by atoms with van der Waals surface area (Å²) in [6.07, 6.45) is 3.13. The van der Waals surface area contributed by atoms with Crippen LogP contribution >= 0.6 is 0 Å². The van der Waals surface area contributed by atoms with E-state index in [1.54, 1.807) is 0 Å². The van der Waals surface area contributed by atoms with Crippen LogP contribution in [0.4, 0.5) is 0 Å². The molecule has 2 heteroatoms. The molecule has 0 unspecified atom stereocenters. The molecule has 0 aliphatic carbocycles. The number of hydrogen-bond acceptors (Lipinski definition) is 2. The number of hydrogen-bond donors (Lipinski definition) is 0. The van der Waals surface area contributed by atoms with Crippen LogP contribution in [0.2, 0.25) is 0 Å². The third-order valence-electron chi connectivity index (χ3n) is 1.68. The summed E-state index contributed by atoms with van der Waals surface area (Å²) < 4.78 is 11.2. The topological polar surface area (TPSA) is 18.5 Å². The summed E-state index contributed by atoms with van der Waals surface area (Å²) in [6.45, 7) is 10.2. The summed E-state index contributed by atoms with van der Waals surface area (Å²) in [5, 5.41) is 0. The number of ether oxygens (including phenoxy) is 2. The monoisotopic (exact) mass is 188 g/mol. The van der Waals surface area contributed by atoms with E-state index < -0.39 is 0 Å². The Bertz CT molecular complexity index is 94.3. The van der Waals surface area contributed by atoms with Crippen LogP contribution < -0.4 is 0 Å². The second kappa shape index (κ2) is 8.52. The zero-order chi connectivity index (χ0) is 10.1. The number of rotatable bonds is 8. The molecule has 0 fully saturated rings. The van der Waals surface area contributed by atoms with Crippen LogP contribution in [0.15, 0.2) is 0 Å². The SMILES string of the molecule is CCCOC(CC(C)C)OCCC. The quantitative estimate of drug-likeness (QED) is 0.544. The molecule has 0 aromatic carbocycles. The van der Waals surface area contributed by atoms with Crippen molar-refractivity contribution in [1.29, 1.82) is 0 Å². The van der Waals surface area contributed by atoms with Gasteiger partial charge in [0.25, 0.3) is 0 Å². The van der Waals surface area contributed by atoms with Gasteiger partial charge in [-0.3, -0.25) is 0 Å². The van der Waals surface area contributed by atoms with Crippen molar-refractivity contribution in [2.75, 3.05) is 13.2 Å². The molecule has 0 aromatic heterocycles. The predicted molar refractivity (Wildman–Crippen MR) is 55.7 cm³/mol. The van der Waals surface area contributed by atoms with Gasteiger partial charge in [-0.1, -0.05) is 27.7 Å². The van der Waals surface area contributed by atoms with Crippen molar-refractivity contribution in [3.8, 4) is 0 Å². The molecule has 0 spiro atoms. The summed E-state index contributed by atoms with van der Waals surface area (Å²) in [4.78, 5) is 0. The van der Waals surface area contributed by atoms with Gasteiger partial charge in [-0.05, 0) is 18.8 Å². The molecule has 0 aliphatic heterocycles. The van der Waals surface area contributed by atoms with Gasteiger partial charge in [0.2, 0.25) is 0 Å². The Morgan fingerprint density at radius 1 is 0.923 bits per heavy atom. The Balaban J connectivity index is 3.60. The standard InChI is InChI=1S/C11H24O2/c1-5-7-12-11(9-10(3)4)13-8-6-2/h10-11H,5-9H2,1-4H3. The zero-order valence-corrected chi connectivity index (χ0v) is 9.51. The van der Waals surface area contributed by atoms with Crippen molar-refractivity contribution in [3.05, 3.63) is 0 Å². The van der Waals surface area contributed by atoms with Gasteiger partial charge in [0.15, 0.2) is 6.29 Å². The van der Waals surface area contributed by atoms with Crippen molar-refractivity contribution in [1.82, 2.24) is 0 Å². The molecule has 13 heavy (non-hydrogen) atoms.